The zero-order valence-electron chi connectivity index (χ0n) is 13.0. The molecule has 0 bridgehead atoms. The van der Waals surface area contributed by atoms with E-state index in [2.05, 4.69) is 27.8 Å². The molecule has 1 aliphatic heterocycles. The highest BCUT2D eigenvalue weighted by molar-refractivity contribution is 5.93. The molecule has 1 amide bonds. The number of nitrogens with zero attached hydrogens (tertiary/aromatic N) is 1. The van der Waals surface area contributed by atoms with Crippen LogP contribution in [0.1, 0.15) is 18.4 Å². The average Bonchev–Trinajstić information content (AvgIpc) is 3.12. The quantitative estimate of drug-likeness (QED) is 0.861. The number of anilines is 2. The number of nitrogens with one attached hydrogen (secondary N) is 2. The van der Waals surface area contributed by atoms with Gasteiger partial charge in [-0.15, -0.1) is 0 Å². The van der Waals surface area contributed by atoms with Gasteiger partial charge in [0, 0.05) is 13.2 Å². The summed E-state index contributed by atoms with van der Waals surface area (Å²) in [6.07, 6.45) is 4.08. The van der Waals surface area contributed by atoms with Gasteiger partial charge in [0.25, 0.3) is 5.91 Å². The van der Waals surface area contributed by atoms with E-state index in [4.69, 9.17) is 4.74 Å². The van der Waals surface area contributed by atoms with E-state index >= 15 is 0 Å². The van der Waals surface area contributed by atoms with E-state index in [1.54, 1.807) is 12.3 Å². The van der Waals surface area contributed by atoms with Crippen molar-refractivity contribution in [3.05, 3.63) is 54.2 Å². The molecule has 0 aliphatic carbocycles. The molecule has 23 heavy (non-hydrogen) atoms. The first-order chi connectivity index (χ1) is 11.3. The van der Waals surface area contributed by atoms with Crippen molar-refractivity contribution in [3.63, 3.8) is 0 Å². The lowest BCUT2D eigenvalue weighted by Gasteiger charge is -2.10. The molecule has 0 spiro atoms. The largest absolute Gasteiger partial charge is 0.383 e. The van der Waals surface area contributed by atoms with Gasteiger partial charge in [-0.1, -0.05) is 30.3 Å². The van der Waals surface area contributed by atoms with E-state index < -0.39 is 0 Å². The molecular formula is C18H21N3O2. The molecule has 0 radical (unpaired) electrons. The molecule has 5 heteroatoms. The summed E-state index contributed by atoms with van der Waals surface area (Å²) in [5.74, 6) is 0.443. The van der Waals surface area contributed by atoms with Crippen LogP contribution in [0.2, 0.25) is 0 Å². The number of pyridine rings is 1. The molecule has 5 nitrogen and oxygen atoms in total. The average molecular weight is 311 g/mol. The molecule has 120 valence electrons. The van der Waals surface area contributed by atoms with Crippen molar-refractivity contribution in [2.45, 2.75) is 25.4 Å². The molecule has 1 saturated heterocycles. The summed E-state index contributed by atoms with van der Waals surface area (Å²) in [6, 6.07) is 14.1. The summed E-state index contributed by atoms with van der Waals surface area (Å²) in [6.45, 7) is 1.50. The Morgan fingerprint density at radius 2 is 2.09 bits per heavy atom. The van der Waals surface area contributed by atoms with Crippen LogP contribution in [0.15, 0.2) is 48.7 Å². The van der Waals surface area contributed by atoms with Gasteiger partial charge in [0.1, 0.15) is 11.9 Å². The van der Waals surface area contributed by atoms with Gasteiger partial charge in [0.2, 0.25) is 0 Å². The lowest BCUT2D eigenvalue weighted by Crippen LogP contribution is -2.27. The Labute approximate surface area is 136 Å². The highest BCUT2D eigenvalue weighted by Gasteiger charge is 2.23. The zero-order valence-corrected chi connectivity index (χ0v) is 13.0. The van der Waals surface area contributed by atoms with Crippen molar-refractivity contribution in [1.82, 2.24) is 4.98 Å². The standard InChI is InChI=1S/C18H21N3O2/c22-18(16-7-4-12-23-16)21-17-9-8-15(13-20-17)19-11-10-14-5-2-1-3-6-14/h1-3,5-6,8-9,13,16,19H,4,7,10-12H2,(H,20,21,22). The van der Waals surface area contributed by atoms with E-state index in [9.17, 15) is 4.79 Å². The lowest BCUT2D eigenvalue weighted by atomic mass is 10.1. The van der Waals surface area contributed by atoms with Gasteiger partial charge in [-0.05, 0) is 37.0 Å². The second kappa shape index (κ2) is 7.74. The third-order valence-corrected chi connectivity index (χ3v) is 3.82. The number of carbonyl (C=O) groups is 1. The van der Waals surface area contributed by atoms with Gasteiger partial charge in [-0.3, -0.25) is 4.79 Å². The van der Waals surface area contributed by atoms with Gasteiger partial charge in [-0.25, -0.2) is 4.98 Å². The maximum absolute atomic E-state index is 11.9. The van der Waals surface area contributed by atoms with E-state index in [0.29, 0.717) is 12.4 Å². The number of hydrogen-bond acceptors (Lipinski definition) is 4. The highest BCUT2D eigenvalue weighted by Crippen LogP contribution is 2.15. The van der Waals surface area contributed by atoms with Crippen LogP contribution in [0, 0.1) is 0 Å². The molecule has 0 saturated carbocycles. The first-order valence-electron chi connectivity index (χ1n) is 7.97. The fraction of sp³-hybridized carbons (Fsp3) is 0.333. The van der Waals surface area contributed by atoms with Crippen LogP contribution in [0.4, 0.5) is 11.5 Å². The molecule has 2 heterocycles. The van der Waals surface area contributed by atoms with Crippen molar-refractivity contribution >= 4 is 17.4 Å². The molecule has 1 aromatic carbocycles. The molecule has 2 N–H and O–H groups in total. The minimum atomic E-state index is -0.333. The molecule has 1 fully saturated rings. The number of aromatic nitrogens is 1. The van der Waals surface area contributed by atoms with Gasteiger partial charge < -0.3 is 15.4 Å². The maximum atomic E-state index is 11.9. The highest BCUT2D eigenvalue weighted by atomic mass is 16.5. The Bertz CT molecular complexity index is 622. The number of hydrogen-bond donors (Lipinski definition) is 2. The first-order valence-corrected chi connectivity index (χ1v) is 7.97. The Kier molecular flexibility index (Phi) is 5.21. The second-order valence-electron chi connectivity index (χ2n) is 5.59. The minimum absolute atomic E-state index is 0.111. The summed E-state index contributed by atoms with van der Waals surface area (Å²) < 4.78 is 5.35. The minimum Gasteiger partial charge on any atom is -0.383 e. The number of carbonyl (C=O) groups excluding carboxylic acids is 1. The number of amides is 1. The van der Waals surface area contributed by atoms with Gasteiger partial charge >= 0.3 is 0 Å². The third-order valence-electron chi connectivity index (χ3n) is 3.82. The molecular weight excluding hydrogens is 290 g/mol. The topological polar surface area (TPSA) is 63.2 Å². The van der Waals surface area contributed by atoms with Crippen molar-refractivity contribution in [2.75, 3.05) is 23.8 Å². The Morgan fingerprint density at radius 3 is 2.78 bits per heavy atom. The van der Waals surface area contributed by atoms with Crippen molar-refractivity contribution in [1.29, 1.82) is 0 Å². The summed E-state index contributed by atoms with van der Waals surface area (Å²) in [7, 11) is 0. The maximum Gasteiger partial charge on any atom is 0.254 e. The molecule has 2 aromatic rings. The van der Waals surface area contributed by atoms with Crippen molar-refractivity contribution in [2.24, 2.45) is 0 Å². The van der Waals surface area contributed by atoms with Crippen LogP contribution >= 0.6 is 0 Å². The van der Waals surface area contributed by atoms with Crippen molar-refractivity contribution in [3.8, 4) is 0 Å². The number of benzene rings is 1. The predicted molar refractivity (Wildman–Crippen MR) is 90.5 cm³/mol. The second-order valence-corrected chi connectivity index (χ2v) is 5.59. The van der Waals surface area contributed by atoms with Crippen LogP contribution in [0.3, 0.4) is 0 Å². The van der Waals surface area contributed by atoms with E-state index in [-0.39, 0.29) is 12.0 Å². The summed E-state index contributed by atoms with van der Waals surface area (Å²) >= 11 is 0. The van der Waals surface area contributed by atoms with Crippen LogP contribution < -0.4 is 10.6 Å². The SMILES string of the molecule is O=C(Nc1ccc(NCCc2ccccc2)cn1)C1CCCO1. The summed E-state index contributed by atoms with van der Waals surface area (Å²) in [5.41, 5.74) is 2.24. The van der Waals surface area contributed by atoms with Gasteiger partial charge in [0.15, 0.2) is 0 Å². The van der Waals surface area contributed by atoms with E-state index in [1.165, 1.54) is 5.56 Å². The van der Waals surface area contributed by atoms with Gasteiger partial charge in [-0.2, -0.15) is 0 Å². The van der Waals surface area contributed by atoms with Crippen LogP contribution in [0.5, 0.6) is 0 Å². The summed E-state index contributed by atoms with van der Waals surface area (Å²) in [4.78, 5) is 16.2. The molecule has 1 aliphatic rings. The fourth-order valence-corrected chi connectivity index (χ4v) is 2.56. The van der Waals surface area contributed by atoms with E-state index in [0.717, 1.165) is 31.5 Å². The number of ether oxygens (including phenoxy) is 1. The zero-order chi connectivity index (χ0) is 15.9. The predicted octanol–water partition coefficient (Wildman–Crippen LogP) is 2.85. The molecule has 3 rings (SSSR count). The molecule has 1 atom stereocenters. The lowest BCUT2D eigenvalue weighted by molar-refractivity contribution is -0.124. The Hall–Kier alpha value is -2.40. The number of rotatable bonds is 6. The Balaban J connectivity index is 1.46. The molecule has 1 aromatic heterocycles. The van der Waals surface area contributed by atoms with Crippen LogP contribution in [-0.4, -0.2) is 30.1 Å². The Morgan fingerprint density at radius 1 is 1.22 bits per heavy atom. The van der Waals surface area contributed by atoms with Crippen molar-refractivity contribution < 1.29 is 9.53 Å². The normalized spacial score (nSPS) is 17.0. The fourth-order valence-electron chi connectivity index (χ4n) is 2.56. The van der Waals surface area contributed by atoms with Gasteiger partial charge in [0.05, 0.1) is 11.9 Å². The third kappa shape index (κ3) is 4.53. The molecule has 1 unspecified atom stereocenters. The summed E-state index contributed by atoms with van der Waals surface area (Å²) in [5, 5.41) is 6.12. The van der Waals surface area contributed by atoms with E-state index in [1.807, 2.05) is 24.3 Å². The first kappa shape index (κ1) is 15.5. The smallest absolute Gasteiger partial charge is 0.254 e. The monoisotopic (exact) mass is 311 g/mol. The van der Waals surface area contributed by atoms with Crippen LogP contribution in [-0.2, 0) is 16.0 Å². The van der Waals surface area contributed by atoms with Crippen LogP contribution in [0.25, 0.3) is 0 Å².